The zero-order valence-corrected chi connectivity index (χ0v) is 16.8. The number of nitrogens with two attached hydrogens (primary N) is 2. The number of carbonyl (C=O) groups is 3. The fraction of sp³-hybridized carbons (Fsp3) is 0.333. The number of guanidine groups is 1. The Bertz CT molecular complexity index is 1050. The number of benzene rings is 1. The maximum absolute atomic E-state index is 13.9. The monoisotopic (exact) mass is 456 g/mol. The van der Waals surface area contributed by atoms with Crippen LogP contribution >= 0.6 is 0 Å². The number of hydrogen-bond acceptors (Lipinski definition) is 7. The number of amides is 3. The van der Waals surface area contributed by atoms with Crippen molar-refractivity contribution < 1.29 is 37.4 Å². The van der Waals surface area contributed by atoms with Crippen LogP contribution in [0.25, 0.3) is 0 Å². The van der Waals surface area contributed by atoms with Gasteiger partial charge in [0.05, 0.1) is 35.1 Å². The van der Waals surface area contributed by atoms with Crippen LogP contribution in [0.3, 0.4) is 0 Å². The third-order valence-corrected chi connectivity index (χ3v) is 4.63. The molecule has 14 heteroatoms. The van der Waals surface area contributed by atoms with E-state index in [1.54, 1.807) is 13.8 Å². The zero-order valence-electron chi connectivity index (χ0n) is 16.8. The summed E-state index contributed by atoms with van der Waals surface area (Å²) < 4.78 is 46.2. The van der Waals surface area contributed by atoms with E-state index in [2.05, 4.69) is 15.0 Å². The van der Waals surface area contributed by atoms with Crippen molar-refractivity contribution in [3.63, 3.8) is 0 Å². The maximum atomic E-state index is 13.9. The molecule has 0 spiro atoms. The topological polar surface area (TPSA) is 164 Å². The predicted octanol–water partition coefficient (Wildman–Crippen LogP) is 1.60. The molecular weight excluding hydrogens is 437 g/mol. The first-order chi connectivity index (χ1) is 14.7. The summed E-state index contributed by atoms with van der Waals surface area (Å²) in [4.78, 5) is 41.3. The van der Waals surface area contributed by atoms with Gasteiger partial charge in [0.2, 0.25) is 5.96 Å². The number of nitrogens with zero attached hydrogens (tertiary/aromatic N) is 3. The summed E-state index contributed by atoms with van der Waals surface area (Å²) in [7, 11) is 0. The average molecular weight is 456 g/mol. The van der Waals surface area contributed by atoms with Crippen LogP contribution in [-0.2, 0) is 10.9 Å². The third-order valence-electron chi connectivity index (χ3n) is 4.63. The van der Waals surface area contributed by atoms with E-state index in [9.17, 15) is 27.6 Å². The van der Waals surface area contributed by atoms with Crippen LogP contribution in [0.5, 0.6) is 0 Å². The maximum Gasteiger partial charge on any atom is 0.511 e. The van der Waals surface area contributed by atoms with E-state index >= 15 is 0 Å². The zero-order chi connectivity index (χ0) is 24.0. The number of alkyl halides is 3. The molecule has 1 unspecified atom stereocenters. The Morgan fingerprint density at radius 1 is 1.34 bits per heavy atom. The Hall–Kier alpha value is -3.81. The van der Waals surface area contributed by atoms with Crippen LogP contribution in [0.4, 0.5) is 28.4 Å². The second kappa shape index (κ2) is 7.71. The van der Waals surface area contributed by atoms with E-state index in [1.165, 1.54) is 0 Å². The molecule has 3 rings (SSSR count). The number of anilines is 1. The molecule has 1 saturated heterocycles. The summed E-state index contributed by atoms with van der Waals surface area (Å²) in [5, 5.41) is 11.6. The molecule has 2 heterocycles. The molecule has 0 aliphatic carbocycles. The van der Waals surface area contributed by atoms with Crippen molar-refractivity contribution in [1.82, 2.24) is 10.2 Å². The summed E-state index contributed by atoms with van der Waals surface area (Å²) in [6.07, 6.45) is -7.57. The molecule has 11 nitrogen and oxygen atoms in total. The van der Waals surface area contributed by atoms with Crippen molar-refractivity contribution in [2.24, 2.45) is 16.5 Å². The van der Waals surface area contributed by atoms with E-state index in [0.717, 1.165) is 23.2 Å². The molecule has 0 aromatic heterocycles. The first-order valence-corrected chi connectivity index (χ1v) is 9.06. The Balaban J connectivity index is 2.28. The number of urea groups is 1. The van der Waals surface area contributed by atoms with E-state index in [0.29, 0.717) is 11.0 Å². The number of aliphatic imine (C=N–C) groups is 1. The number of halogens is 3. The second-order valence-corrected chi connectivity index (χ2v) is 7.61. The Morgan fingerprint density at radius 3 is 2.50 bits per heavy atom. The molecule has 1 fully saturated rings. The number of nitrogens with one attached hydrogen (secondary N) is 1. The van der Waals surface area contributed by atoms with Gasteiger partial charge in [0, 0.05) is 0 Å². The highest BCUT2D eigenvalue weighted by molar-refractivity contribution is 6.11. The lowest BCUT2D eigenvalue weighted by molar-refractivity contribution is -0.137. The van der Waals surface area contributed by atoms with Crippen LogP contribution in [0.15, 0.2) is 35.2 Å². The molecule has 2 aliphatic rings. The average Bonchev–Trinajstić information content (AvgIpc) is 2.93. The molecule has 1 aromatic carbocycles. The van der Waals surface area contributed by atoms with Gasteiger partial charge in [0.15, 0.2) is 5.76 Å². The van der Waals surface area contributed by atoms with Crippen molar-refractivity contribution in [3.8, 4) is 0 Å². The quantitative estimate of drug-likeness (QED) is 0.502. The highest BCUT2D eigenvalue weighted by Gasteiger charge is 2.46. The van der Waals surface area contributed by atoms with Gasteiger partial charge in [-0.05, 0) is 26.0 Å². The van der Waals surface area contributed by atoms with E-state index in [1.807, 2.05) is 0 Å². The molecule has 32 heavy (non-hydrogen) atoms. The van der Waals surface area contributed by atoms with Crippen LogP contribution in [0, 0.1) is 0 Å². The van der Waals surface area contributed by atoms with Crippen molar-refractivity contribution in [3.05, 3.63) is 41.3 Å². The van der Waals surface area contributed by atoms with E-state index < -0.39 is 58.5 Å². The van der Waals surface area contributed by atoms with Crippen LogP contribution in [0.1, 0.15) is 29.8 Å². The fourth-order valence-electron chi connectivity index (χ4n) is 3.39. The highest BCUT2D eigenvalue weighted by Crippen LogP contribution is 2.41. The van der Waals surface area contributed by atoms with Gasteiger partial charge in [-0.15, -0.1) is 0 Å². The summed E-state index contributed by atoms with van der Waals surface area (Å²) >= 11 is 0. The third kappa shape index (κ3) is 4.16. The van der Waals surface area contributed by atoms with Gasteiger partial charge in [0.25, 0.3) is 5.91 Å². The number of carbonyl (C=O) groups excluding carboxylic acids is 2. The first kappa shape index (κ1) is 22.9. The van der Waals surface area contributed by atoms with Crippen molar-refractivity contribution in [2.45, 2.75) is 31.7 Å². The minimum absolute atomic E-state index is 0.0169. The number of carboxylic acid groups (broad SMARTS) is 1. The first-order valence-electron chi connectivity index (χ1n) is 9.06. The lowest BCUT2D eigenvalue weighted by atomic mass is 10.0. The smallest absolute Gasteiger partial charge is 0.449 e. The van der Waals surface area contributed by atoms with Crippen molar-refractivity contribution in [2.75, 3.05) is 11.4 Å². The SMILES string of the molecule is CC1(C)CN(C2=NC=C(OC(=O)O)C(N)N2c2c(C(N)=O)cccc2C(F)(F)F)C(=O)N1. The Morgan fingerprint density at radius 2 is 2.00 bits per heavy atom. The van der Waals surface area contributed by atoms with E-state index in [4.69, 9.17) is 16.6 Å². The van der Waals surface area contributed by atoms with Crippen molar-refractivity contribution >= 4 is 29.7 Å². The molecule has 172 valence electrons. The Labute approximate surface area is 179 Å². The van der Waals surface area contributed by atoms with Crippen LogP contribution in [0.2, 0.25) is 0 Å². The minimum Gasteiger partial charge on any atom is -0.449 e. The molecule has 2 aliphatic heterocycles. The molecule has 1 aromatic rings. The van der Waals surface area contributed by atoms with Gasteiger partial charge in [-0.1, -0.05) is 6.07 Å². The minimum atomic E-state index is -4.97. The predicted molar refractivity (Wildman–Crippen MR) is 104 cm³/mol. The number of ether oxygens (including phenoxy) is 1. The summed E-state index contributed by atoms with van der Waals surface area (Å²) in [6, 6.07) is 2.03. The summed E-state index contributed by atoms with van der Waals surface area (Å²) in [5.74, 6) is -2.12. The number of primary amides is 1. The van der Waals surface area contributed by atoms with Gasteiger partial charge in [-0.3, -0.25) is 14.6 Å². The number of rotatable bonds is 3. The summed E-state index contributed by atoms with van der Waals surface area (Å²) in [5.41, 5.74) is 7.95. The van der Waals surface area contributed by atoms with Gasteiger partial charge in [-0.25, -0.2) is 14.6 Å². The van der Waals surface area contributed by atoms with Gasteiger partial charge in [0.1, 0.15) is 6.17 Å². The molecule has 0 saturated carbocycles. The van der Waals surface area contributed by atoms with Gasteiger partial charge in [-0.2, -0.15) is 13.2 Å². The lowest BCUT2D eigenvalue weighted by Crippen LogP contribution is -2.57. The van der Waals surface area contributed by atoms with Gasteiger partial charge >= 0.3 is 18.4 Å². The molecule has 3 amide bonds. The molecule has 1 atom stereocenters. The molecule has 6 N–H and O–H groups in total. The molecule has 0 bridgehead atoms. The van der Waals surface area contributed by atoms with E-state index in [-0.39, 0.29) is 12.5 Å². The lowest BCUT2D eigenvalue weighted by Gasteiger charge is -2.38. The normalized spacial score (nSPS) is 20.4. The van der Waals surface area contributed by atoms with Crippen molar-refractivity contribution in [1.29, 1.82) is 0 Å². The highest BCUT2D eigenvalue weighted by atomic mass is 19.4. The second-order valence-electron chi connectivity index (χ2n) is 7.61. The largest absolute Gasteiger partial charge is 0.511 e. The molecule has 0 radical (unpaired) electrons. The Kier molecular flexibility index (Phi) is 5.51. The number of hydrogen-bond donors (Lipinski definition) is 4. The standard InChI is InChI=1S/C18H19F3N6O5/c1-17(2)7-26(15(29)25-17)14-24-6-10(32-16(30)31)12(22)27(14)11-8(13(23)28)4-3-5-9(11)18(19,20)21/h3-6,12H,7,22H2,1-2H3,(H2,23,28)(H,25,29)(H,30,31). The van der Waals surface area contributed by atoms with Gasteiger partial charge < -0.3 is 26.6 Å². The molecular formula is C18H19F3N6O5. The summed E-state index contributed by atoms with van der Waals surface area (Å²) in [6.45, 7) is 3.33. The number of para-hydroxylation sites is 1. The fourth-order valence-corrected chi connectivity index (χ4v) is 3.39. The van der Waals surface area contributed by atoms with Crippen LogP contribution in [-0.4, -0.2) is 52.3 Å². The van der Waals surface area contributed by atoms with Crippen LogP contribution < -0.4 is 21.7 Å².